The van der Waals surface area contributed by atoms with Crippen molar-refractivity contribution in [3.8, 4) is 6.01 Å². The van der Waals surface area contributed by atoms with Gasteiger partial charge in [-0.2, -0.15) is 9.97 Å². The van der Waals surface area contributed by atoms with Crippen LogP contribution in [-0.4, -0.2) is 39.8 Å². The van der Waals surface area contributed by atoms with Gasteiger partial charge in [-0.05, 0) is 43.5 Å². The number of likely N-dealkylation sites (tertiary alicyclic amines) is 1. The number of unbranched alkanes of at least 4 members (excludes halogenated alkanes) is 1. The largest absolute Gasteiger partial charge is 0.463 e. The van der Waals surface area contributed by atoms with E-state index in [4.69, 9.17) is 10.5 Å². The van der Waals surface area contributed by atoms with Gasteiger partial charge in [0.2, 0.25) is 0 Å². The molecular formula is C20H30N6O2. The molecule has 0 spiro atoms. The van der Waals surface area contributed by atoms with Gasteiger partial charge < -0.3 is 15.8 Å². The number of nitrogens with one attached hydrogen (secondary N) is 2. The monoisotopic (exact) mass is 386 g/mol. The molecule has 1 aliphatic heterocycles. The van der Waals surface area contributed by atoms with E-state index in [1.807, 2.05) is 0 Å². The van der Waals surface area contributed by atoms with Crippen molar-refractivity contribution in [1.29, 1.82) is 0 Å². The van der Waals surface area contributed by atoms with Gasteiger partial charge in [-0.1, -0.05) is 37.6 Å². The molecule has 0 aliphatic carbocycles. The van der Waals surface area contributed by atoms with Crippen LogP contribution in [0.3, 0.4) is 0 Å². The van der Waals surface area contributed by atoms with Crippen molar-refractivity contribution in [3.63, 3.8) is 0 Å². The fourth-order valence-electron chi connectivity index (χ4n) is 3.21. The molecule has 8 nitrogen and oxygen atoms in total. The van der Waals surface area contributed by atoms with Gasteiger partial charge in [0.1, 0.15) is 5.69 Å². The van der Waals surface area contributed by atoms with Crippen LogP contribution in [0.25, 0.3) is 0 Å². The van der Waals surface area contributed by atoms with Crippen LogP contribution >= 0.6 is 0 Å². The van der Waals surface area contributed by atoms with Gasteiger partial charge in [0.05, 0.1) is 6.61 Å². The third-order valence-electron chi connectivity index (χ3n) is 4.85. The van der Waals surface area contributed by atoms with E-state index in [2.05, 4.69) is 56.9 Å². The van der Waals surface area contributed by atoms with E-state index in [0.717, 1.165) is 24.9 Å². The minimum absolute atomic E-state index is 0.132. The maximum Gasteiger partial charge on any atom is 0.320 e. The zero-order valence-electron chi connectivity index (χ0n) is 16.4. The second kappa shape index (κ2) is 10.1. The number of aromatic nitrogens is 2. The minimum Gasteiger partial charge on any atom is -0.463 e. The lowest BCUT2D eigenvalue weighted by molar-refractivity contribution is 0.286. The van der Waals surface area contributed by atoms with Gasteiger partial charge in [-0.25, -0.2) is 0 Å². The molecular weight excluding hydrogens is 356 g/mol. The molecule has 0 radical (unpaired) electrons. The molecule has 5 N–H and O–H groups in total. The summed E-state index contributed by atoms with van der Waals surface area (Å²) < 4.78 is 5.54. The molecule has 1 aromatic carbocycles. The molecule has 0 amide bonds. The summed E-state index contributed by atoms with van der Waals surface area (Å²) in [5, 5.41) is 12.6. The molecule has 2 aromatic rings. The molecule has 1 aliphatic rings. The SMILES string of the molecule is CCCCOc1nc(N)c(NO)c(NCc2ccc(CN3CCCC3)cc2)n1. The van der Waals surface area contributed by atoms with Gasteiger partial charge in [0.15, 0.2) is 11.6 Å². The van der Waals surface area contributed by atoms with Crippen molar-refractivity contribution < 1.29 is 9.94 Å². The second-order valence-electron chi connectivity index (χ2n) is 7.08. The lowest BCUT2D eigenvalue weighted by Crippen LogP contribution is -2.18. The van der Waals surface area contributed by atoms with Crippen molar-refractivity contribution in [3.05, 3.63) is 35.4 Å². The highest BCUT2D eigenvalue weighted by atomic mass is 16.5. The molecule has 8 heteroatoms. The fraction of sp³-hybridized carbons (Fsp3) is 0.500. The Morgan fingerprint density at radius 2 is 1.86 bits per heavy atom. The zero-order chi connectivity index (χ0) is 19.8. The molecule has 1 aromatic heterocycles. The number of hydrogen-bond acceptors (Lipinski definition) is 8. The van der Waals surface area contributed by atoms with E-state index >= 15 is 0 Å². The summed E-state index contributed by atoms with van der Waals surface area (Å²) in [6.07, 6.45) is 4.53. The molecule has 0 bridgehead atoms. The molecule has 2 heterocycles. The Morgan fingerprint density at radius 3 is 2.54 bits per heavy atom. The number of hydrogen-bond donors (Lipinski definition) is 4. The van der Waals surface area contributed by atoms with E-state index in [1.165, 1.54) is 31.5 Å². The number of nitrogens with two attached hydrogens (primary N) is 1. The molecule has 0 unspecified atom stereocenters. The zero-order valence-corrected chi connectivity index (χ0v) is 16.4. The van der Waals surface area contributed by atoms with Crippen molar-refractivity contribution in [2.45, 2.75) is 45.7 Å². The summed E-state index contributed by atoms with van der Waals surface area (Å²) in [6.45, 7) is 6.55. The lowest BCUT2D eigenvalue weighted by atomic mass is 10.1. The highest BCUT2D eigenvalue weighted by molar-refractivity contribution is 5.74. The van der Waals surface area contributed by atoms with E-state index in [1.54, 1.807) is 0 Å². The quantitative estimate of drug-likeness (QED) is 0.364. The maximum absolute atomic E-state index is 9.38. The Labute approximate surface area is 166 Å². The van der Waals surface area contributed by atoms with Crippen LogP contribution < -0.4 is 21.3 Å². The summed E-state index contributed by atoms with van der Waals surface area (Å²) in [5.74, 6) is 0.537. The van der Waals surface area contributed by atoms with Crippen molar-refractivity contribution in [2.75, 3.05) is 36.2 Å². The Balaban J connectivity index is 1.62. The molecule has 0 saturated carbocycles. The van der Waals surface area contributed by atoms with Crippen LogP contribution in [0.2, 0.25) is 0 Å². The van der Waals surface area contributed by atoms with Crippen LogP contribution in [-0.2, 0) is 13.1 Å². The van der Waals surface area contributed by atoms with Crippen LogP contribution in [0, 0.1) is 0 Å². The lowest BCUT2D eigenvalue weighted by Gasteiger charge is -2.15. The predicted molar refractivity (Wildman–Crippen MR) is 111 cm³/mol. The van der Waals surface area contributed by atoms with Gasteiger partial charge >= 0.3 is 6.01 Å². The van der Waals surface area contributed by atoms with Gasteiger partial charge in [0, 0.05) is 13.1 Å². The number of nitrogen functional groups attached to an aromatic ring is 1. The van der Waals surface area contributed by atoms with Gasteiger partial charge in [-0.3, -0.25) is 15.6 Å². The molecule has 28 heavy (non-hydrogen) atoms. The Morgan fingerprint density at radius 1 is 1.14 bits per heavy atom. The van der Waals surface area contributed by atoms with Crippen LogP contribution in [0.4, 0.5) is 17.3 Å². The maximum atomic E-state index is 9.38. The summed E-state index contributed by atoms with van der Waals surface area (Å²) in [6, 6.07) is 8.73. The number of rotatable bonds is 10. The highest BCUT2D eigenvalue weighted by Gasteiger charge is 2.14. The average molecular weight is 387 g/mol. The summed E-state index contributed by atoms with van der Waals surface area (Å²) in [7, 11) is 0. The Hall–Kier alpha value is -2.58. The van der Waals surface area contributed by atoms with E-state index in [9.17, 15) is 5.21 Å². The van der Waals surface area contributed by atoms with E-state index < -0.39 is 0 Å². The first-order chi connectivity index (χ1) is 13.7. The minimum atomic E-state index is 0.132. The molecule has 152 valence electrons. The predicted octanol–water partition coefficient (Wildman–Crippen LogP) is 3.25. The van der Waals surface area contributed by atoms with Crippen LogP contribution in [0.15, 0.2) is 24.3 Å². The standard InChI is InChI=1S/C20H30N6O2/c1-2-3-12-28-20-23-18(21)17(25-27)19(24-20)22-13-15-6-8-16(9-7-15)14-26-10-4-5-11-26/h6-9,25,27H,2-5,10-14H2,1H3,(H3,21,22,23,24). The smallest absolute Gasteiger partial charge is 0.320 e. The molecule has 1 saturated heterocycles. The Bertz CT molecular complexity index is 747. The summed E-state index contributed by atoms with van der Waals surface area (Å²) in [5.41, 5.74) is 10.7. The number of anilines is 3. The third-order valence-corrected chi connectivity index (χ3v) is 4.85. The molecule has 1 fully saturated rings. The Kier molecular flexibility index (Phi) is 7.27. The van der Waals surface area contributed by atoms with Crippen molar-refractivity contribution in [1.82, 2.24) is 14.9 Å². The van der Waals surface area contributed by atoms with Crippen molar-refractivity contribution >= 4 is 17.3 Å². The fourth-order valence-corrected chi connectivity index (χ4v) is 3.21. The number of ether oxygens (including phenoxy) is 1. The number of benzene rings is 1. The molecule has 0 atom stereocenters. The normalized spacial score (nSPS) is 14.2. The number of nitrogens with zero attached hydrogens (tertiary/aromatic N) is 3. The van der Waals surface area contributed by atoms with Gasteiger partial charge in [0.25, 0.3) is 0 Å². The first kappa shape index (κ1) is 20.2. The van der Waals surface area contributed by atoms with Gasteiger partial charge in [-0.15, -0.1) is 0 Å². The highest BCUT2D eigenvalue weighted by Crippen LogP contribution is 2.27. The van der Waals surface area contributed by atoms with E-state index in [0.29, 0.717) is 19.0 Å². The molecule has 3 rings (SSSR count). The summed E-state index contributed by atoms with van der Waals surface area (Å²) in [4.78, 5) is 10.9. The summed E-state index contributed by atoms with van der Waals surface area (Å²) >= 11 is 0. The third kappa shape index (κ3) is 5.46. The van der Waals surface area contributed by atoms with E-state index in [-0.39, 0.29) is 17.5 Å². The first-order valence-electron chi connectivity index (χ1n) is 9.94. The van der Waals surface area contributed by atoms with Crippen molar-refractivity contribution in [2.24, 2.45) is 0 Å². The topological polar surface area (TPSA) is 109 Å². The average Bonchev–Trinajstić information content (AvgIpc) is 3.20. The second-order valence-corrected chi connectivity index (χ2v) is 7.08. The van der Waals surface area contributed by atoms with Crippen LogP contribution in [0.5, 0.6) is 6.01 Å². The van der Waals surface area contributed by atoms with Crippen LogP contribution in [0.1, 0.15) is 43.7 Å². The first-order valence-corrected chi connectivity index (χ1v) is 9.94.